The molecular weight excluding hydrogens is 292 g/mol. The fourth-order valence-corrected chi connectivity index (χ4v) is 2.54. The summed E-state index contributed by atoms with van der Waals surface area (Å²) in [4.78, 5) is 15.4. The maximum absolute atomic E-state index is 11.4. The quantitative estimate of drug-likeness (QED) is 0.760. The minimum atomic E-state index is -1.09. The number of carbonyl (C=O) groups is 1. The van der Waals surface area contributed by atoms with E-state index >= 15 is 0 Å². The summed E-state index contributed by atoms with van der Waals surface area (Å²) >= 11 is 0. The maximum atomic E-state index is 11.4. The molecule has 0 aliphatic carbocycles. The van der Waals surface area contributed by atoms with E-state index in [2.05, 4.69) is 4.98 Å². The van der Waals surface area contributed by atoms with E-state index in [1.165, 1.54) is 6.33 Å². The van der Waals surface area contributed by atoms with Crippen LogP contribution in [0.25, 0.3) is 11.3 Å². The molecule has 5 nitrogen and oxygen atoms in total. The minimum Gasteiger partial charge on any atom is -0.476 e. The van der Waals surface area contributed by atoms with Crippen LogP contribution in [0.5, 0.6) is 0 Å². The molecule has 3 aromatic rings. The van der Waals surface area contributed by atoms with Gasteiger partial charge >= 0.3 is 5.97 Å². The minimum absolute atomic E-state index is 0.0172. The van der Waals surface area contributed by atoms with Crippen molar-refractivity contribution in [3.63, 3.8) is 0 Å². The number of aliphatic hydroxyl groups is 1. The van der Waals surface area contributed by atoms with Crippen LogP contribution in [0.3, 0.4) is 0 Å². The Hall–Kier alpha value is -2.92. The van der Waals surface area contributed by atoms with Crippen molar-refractivity contribution >= 4 is 5.97 Å². The maximum Gasteiger partial charge on any atom is 0.356 e. The zero-order valence-corrected chi connectivity index (χ0v) is 12.3. The van der Waals surface area contributed by atoms with Crippen LogP contribution in [-0.4, -0.2) is 25.7 Å². The number of rotatable bonds is 5. The van der Waals surface area contributed by atoms with Crippen molar-refractivity contribution in [2.24, 2.45) is 0 Å². The number of aliphatic hydroxyl groups excluding tert-OH is 1. The number of nitrogens with zero attached hydrogens (tertiary/aromatic N) is 2. The third-order valence-electron chi connectivity index (χ3n) is 3.64. The van der Waals surface area contributed by atoms with Gasteiger partial charge in [-0.05, 0) is 5.56 Å². The molecule has 0 aliphatic heterocycles. The van der Waals surface area contributed by atoms with Crippen LogP contribution in [0, 0.1) is 0 Å². The third kappa shape index (κ3) is 3.14. The number of hydrogen-bond acceptors (Lipinski definition) is 3. The molecule has 1 atom stereocenters. The van der Waals surface area contributed by atoms with Gasteiger partial charge in [0, 0.05) is 5.56 Å². The van der Waals surface area contributed by atoms with E-state index in [1.807, 2.05) is 60.7 Å². The first-order chi connectivity index (χ1) is 11.2. The molecule has 0 saturated heterocycles. The number of carboxylic acid groups (broad SMARTS) is 1. The van der Waals surface area contributed by atoms with E-state index in [0.717, 1.165) is 11.1 Å². The molecule has 1 heterocycles. The Morgan fingerprint density at radius 3 is 2.26 bits per heavy atom. The summed E-state index contributed by atoms with van der Waals surface area (Å²) in [6, 6.07) is 18.5. The van der Waals surface area contributed by atoms with Gasteiger partial charge in [0.25, 0.3) is 0 Å². The highest BCUT2D eigenvalue weighted by atomic mass is 16.4. The Kier molecular flexibility index (Phi) is 4.21. The molecule has 116 valence electrons. The Labute approximate surface area is 133 Å². The van der Waals surface area contributed by atoms with Gasteiger partial charge < -0.3 is 14.8 Å². The number of aromatic carboxylic acids is 1. The number of hydrogen-bond donors (Lipinski definition) is 2. The highest BCUT2D eigenvalue weighted by Crippen LogP contribution is 2.25. The molecule has 3 rings (SSSR count). The molecule has 0 radical (unpaired) electrons. The van der Waals surface area contributed by atoms with Gasteiger partial charge in [-0.3, -0.25) is 0 Å². The molecule has 0 saturated carbocycles. The zero-order chi connectivity index (χ0) is 16.2. The molecule has 0 bridgehead atoms. The molecule has 2 aromatic carbocycles. The van der Waals surface area contributed by atoms with Crippen molar-refractivity contribution in [2.45, 2.75) is 12.6 Å². The topological polar surface area (TPSA) is 75.3 Å². The molecule has 0 spiro atoms. The lowest BCUT2D eigenvalue weighted by atomic mass is 10.1. The fraction of sp³-hybridized carbons (Fsp3) is 0.111. The van der Waals surface area contributed by atoms with Crippen LogP contribution in [0.4, 0.5) is 0 Å². The number of carboxylic acids is 1. The Morgan fingerprint density at radius 2 is 1.65 bits per heavy atom. The average Bonchev–Trinajstić information content (AvgIpc) is 3.00. The summed E-state index contributed by atoms with van der Waals surface area (Å²) in [6.45, 7) is 0.231. The summed E-state index contributed by atoms with van der Waals surface area (Å²) in [5, 5.41) is 19.8. The van der Waals surface area contributed by atoms with E-state index in [4.69, 9.17) is 0 Å². The monoisotopic (exact) mass is 308 g/mol. The molecule has 23 heavy (non-hydrogen) atoms. The van der Waals surface area contributed by atoms with E-state index in [-0.39, 0.29) is 12.2 Å². The first-order valence-electron chi connectivity index (χ1n) is 7.23. The molecule has 0 fully saturated rings. The van der Waals surface area contributed by atoms with Crippen LogP contribution in [0.2, 0.25) is 0 Å². The van der Waals surface area contributed by atoms with Crippen LogP contribution in [0.15, 0.2) is 67.0 Å². The number of benzene rings is 2. The van der Waals surface area contributed by atoms with Gasteiger partial charge in [0.2, 0.25) is 0 Å². The van der Waals surface area contributed by atoms with Crippen LogP contribution in [-0.2, 0) is 6.54 Å². The van der Waals surface area contributed by atoms with Crippen molar-refractivity contribution in [2.75, 3.05) is 0 Å². The summed E-state index contributed by atoms with van der Waals surface area (Å²) in [7, 11) is 0. The van der Waals surface area contributed by atoms with Gasteiger partial charge in [0.05, 0.1) is 24.7 Å². The van der Waals surface area contributed by atoms with Gasteiger partial charge in [0.15, 0.2) is 5.69 Å². The van der Waals surface area contributed by atoms with Crippen LogP contribution in [0.1, 0.15) is 22.2 Å². The van der Waals surface area contributed by atoms with E-state index in [9.17, 15) is 15.0 Å². The molecule has 1 unspecified atom stereocenters. The predicted molar refractivity (Wildman–Crippen MR) is 86.0 cm³/mol. The standard InChI is InChI=1S/C18H16N2O3/c21-15(13-7-3-1-4-8-13)11-20-12-19-16(18(22)23)17(20)14-9-5-2-6-10-14/h1-10,12,15,21H,11H2,(H,22,23). The van der Waals surface area contributed by atoms with Crippen molar-refractivity contribution in [3.05, 3.63) is 78.2 Å². The highest BCUT2D eigenvalue weighted by molar-refractivity contribution is 5.93. The van der Waals surface area contributed by atoms with Crippen LogP contribution >= 0.6 is 0 Å². The van der Waals surface area contributed by atoms with E-state index in [0.29, 0.717) is 5.69 Å². The van der Waals surface area contributed by atoms with Crippen molar-refractivity contribution in [1.29, 1.82) is 0 Å². The normalized spacial score (nSPS) is 12.0. The predicted octanol–water partition coefficient (Wildman–Crippen LogP) is 2.98. The van der Waals surface area contributed by atoms with Gasteiger partial charge in [-0.2, -0.15) is 0 Å². The van der Waals surface area contributed by atoms with E-state index < -0.39 is 12.1 Å². The van der Waals surface area contributed by atoms with Gasteiger partial charge in [-0.15, -0.1) is 0 Å². The Morgan fingerprint density at radius 1 is 1.04 bits per heavy atom. The highest BCUT2D eigenvalue weighted by Gasteiger charge is 2.20. The van der Waals surface area contributed by atoms with Crippen molar-refractivity contribution in [1.82, 2.24) is 9.55 Å². The van der Waals surface area contributed by atoms with Crippen LogP contribution < -0.4 is 0 Å². The number of aromatic nitrogens is 2. The van der Waals surface area contributed by atoms with Crippen molar-refractivity contribution < 1.29 is 15.0 Å². The molecule has 0 aliphatic rings. The molecule has 0 amide bonds. The summed E-state index contributed by atoms with van der Waals surface area (Å²) in [6.07, 6.45) is 0.715. The third-order valence-corrected chi connectivity index (χ3v) is 3.64. The number of imidazole rings is 1. The summed E-state index contributed by atoms with van der Waals surface area (Å²) in [5.74, 6) is -1.09. The lowest BCUT2D eigenvalue weighted by Crippen LogP contribution is -2.10. The second kappa shape index (κ2) is 6.46. The van der Waals surface area contributed by atoms with Crippen molar-refractivity contribution in [3.8, 4) is 11.3 Å². The first kappa shape index (κ1) is 15.0. The first-order valence-corrected chi connectivity index (χ1v) is 7.23. The largest absolute Gasteiger partial charge is 0.476 e. The molecule has 1 aromatic heterocycles. The Balaban J connectivity index is 1.98. The van der Waals surface area contributed by atoms with E-state index in [1.54, 1.807) is 4.57 Å². The average molecular weight is 308 g/mol. The SMILES string of the molecule is O=C(O)c1ncn(CC(O)c2ccccc2)c1-c1ccccc1. The van der Waals surface area contributed by atoms with Gasteiger partial charge in [-0.25, -0.2) is 9.78 Å². The molecule has 5 heteroatoms. The second-order valence-electron chi connectivity index (χ2n) is 5.19. The smallest absolute Gasteiger partial charge is 0.356 e. The van der Waals surface area contributed by atoms with Gasteiger partial charge in [-0.1, -0.05) is 60.7 Å². The summed E-state index contributed by atoms with van der Waals surface area (Å²) < 4.78 is 1.68. The Bertz CT molecular complexity index is 798. The molecular formula is C18H16N2O3. The lowest BCUT2D eigenvalue weighted by molar-refractivity contribution is 0.0691. The zero-order valence-electron chi connectivity index (χ0n) is 12.3. The summed E-state index contributed by atoms with van der Waals surface area (Å²) in [5.41, 5.74) is 2.00. The second-order valence-corrected chi connectivity index (χ2v) is 5.19. The molecule has 2 N–H and O–H groups in total. The van der Waals surface area contributed by atoms with Gasteiger partial charge in [0.1, 0.15) is 0 Å². The lowest BCUT2D eigenvalue weighted by Gasteiger charge is -2.14. The fourth-order valence-electron chi connectivity index (χ4n) is 2.54.